The number of hydrogen-bond acceptors (Lipinski definition) is 2. The first-order chi connectivity index (χ1) is 6.81. The van der Waals surface area contributed by atoms with Crippen LogP contribution in [0.5, 0.6) is 0 Å². The second kappa shape index (κ2) is 3.66. The topological polar surface area (TPSA) is 30.2 Å². The van der Waals surface area contributed by atoms with Crippen LogP contribution in [0, 0.1) is 6.92 Å². The lowest BCUT2D eigenvalue weighted by Crippen LogP contribution is -2.01. The predicted octanol–water partition coefficient (Wildman–Crippen LogP) is 2.56. The van der Waals surface area contributed by atoms with Gasteiger partial charge in [-0.05, 0) is 23.9 Å². The SMILES string of the molecule is [CH2]CCc1cc2ccccc2c(=O)o1. The van der Waals surface area contributed by atoms with Gasteiger partial charge >= 0.3 is 5.63 Å². The van der Waals surface area contributed by atoms with E-state index in [0.717, 1.165) is 11.8 Å². The molecule has 0 saturated heterocycles. The Labute approximate surface area is 82.2 Å². The van der Waals surface area contributed by atoms with Gasteiger partial charge in [0.15, 0.2) is 0 Å². The molecule has 0 bridgehead atoms. The van der Waals surface area contributed by atoms with Crippen molar-refractivity contribution in [2.45, 2.75) is 12.8 Å². The van der Waals surface area contributed by atoms with Crippen LogP contribution in [0.25, 0.3) is 10.8 Å². The van der Waals surface area contributed by atoms with Crippen LogP contribution < -0.4 is 5.63 Å². The number of fused-ring (bicyclic) bond motifs is 1. The van der Waals surface area contributed by atoms with E-state index >= 15 is 0 Å². The van der Waals surface area contributed by atoms with E-state index in [1.165, 1.54) is 0 Å². The van der Waals surface area contributed by atoms with Crippen molar-refractivity contribution < 1.29 is 4.42 Å². The maximum Gasteiger partial charge on any atom is 0.343 e. The maximum atomic E-state index is 11.5. The molecule has 0 aliphatic carbocycles. The third kappa shape index (κ3) is 1.55. The van der Waals surface area contributed by atoms with Gasteiger partial charge in [-0.2, -0.15) is 0 Å². The molecule has 1 heterocycles. The van der Waals surface area contributed by atoms with Crippen LogP contribution in [0.3, 0.4) is 0 Å². The van der Waals surface area contributed by atoms with Crippen LogP contribution in [0.15, 0.2) is 39.5 Å². The summed E-state index contributed by atoms with van der Waals surface area (Å²) >= 11 is 0. The highest BCUT2D eigenvalue weighted by Gasteiger charge is 2.02. The van der Waals surface area contributed by atoms with Gasteiger partial charge in [0.1, 0.15) is 5.76 Å². The fraction of sp³-hybridized carbons (Fsp3) is 0.167. The molecule has 2 aromatic rings. The Kier molecular flexibility index (Phi) is 2.35. The first kappa shape index (κ1) is 9.00. The molecular formula is C12H11O2. The lowest BCUT2D eigenvalue weighted by atomic mass is 10.1. The predicted molar refractivity (Wildman–Crippen MR) is 56.2 cm³/mol. The number of rotatable bonds is 2. The van der Waals surface area contributed by atoms with Crippen molar-refractivity contribution in [3.05, 3.63) is 53.4 Å². The maximum absolute atomic E-state index is 11.5. The molecule has 0 amide bonds. The largest absolute Gasteiger partial charge is 0.427 e. The van der Waals surface area contributed by atoms with E-state index in [1.807, 2.05) is 24.3 Å². The van der Waals surface area contributed by atoms with E-state index < -0.39 is 0 Å². The van der Waals surface area contributed by atoms with E-state index in [2.05, 4.69) is 6.92 Å². The summed E-state index contributed by atoms with van der Waals surface area (Å²) < 4.78 is 5.14. The molecule has 0 saturated carbocycles. The average molecular weight is 187 g/mol. The van der Waals surface area contributed by atoms with E-state index in [-0.39, 0.29) is 5.63 Å². The van der Waals surface area contributed by atoms with Crippen LogP contribution in [0.1, 0.15) is 12.2 Å². The molecule has 0 atom stereocenters. The summed E-state index contributed by atoms with van der Waals surface area (Å²) in [5.74, 6) is 0.712. The van der Waals surface area contributed by atoms with Gasteiger partial charge in [0, 0.05) is 6.42 Å². The van der Waals surface area contributed by atoms with Gasteiger partial charge in [0.2, 0.25) is 0 Å². The number of hydrogen-bond donors (Lipinski definition) is 0. The number of benzene rings is 1. The van der Waals surface area contributed by atoms with Crippen LogP contribution in [0.4, 0.5) is 0 Å². The standard InChI is InChI=1S/C12H11O2/c1-2-5-10-8-9-6-3-4-7-11(9)12(13)14-10/h3-4,6-8H,1-2,5H2. The van der Waals surface area contributed by atoms with Crippen molar-refractivity contribution in [2.24, 2.45) is 0 Å². The summed E-state index contributed by atoms with van der Waals surface area (Å²) in [5.41, 5.74) is -0.258. The van der Waals surface area contributed by atoms with Crippen molar-refractivity contribution in [3.63, 3.8) is 0 Å². The molecule has 1 radical (unpaired) electrons. The van der Waals surface area contributed by atoms with Gasteiger partial charge in [-0.15, -0.1) is 0 Å². The summed E-state index contributed by atoms with van der Waals surface area (Å²) in [7, 11) is 0. The first-order valence-corrected chi connectivity index (χ1v) is 4.62. The molecule has 2 heteroatoms. The number of aryl methyl sites for hydroxylation is 1. The van der Waals surface area contributed by atoms with E-state index in [0.29, 0.717) is 17.6 Å². The van der Waals surface area contributed by atoms with Gasteiger partial charge in [0.25, 0.3) is 0 Å². The fourth-order valence-electron chi connectivity index (χ4n) is 1.48. The Morgan fingerprint density at radius 3 is 2.86 bits per heavy atom. The van der Waals surface area contributed by atoms with Crippen molar-refractivity contribution in [3.8, 4) is 0 Å². The Morgan fingerprint density at radius 2 is 2.07 bits per heavy atom. The highest BCUT2D eigenvalue weighted by atomic mass is 16.4. The van der Waals surface area contributed by atoms with Crippen molar-refractivity contribution in [2.75, 3.05) is 0 Å². The highest BCUT2D eigenvalue weighted by Crippen LogP contribution is 2.12. The van der Waals surface area contributed by atoms with Gasteiger partial charge in [-0.3, -0.25) is 0 Å². The van der Waals surface area contributed by atoms with E-state index in [9.17, 15) is 4.79 Å². The van der Waals surface area contributed by atoms with Crippen LogP contribution in [0.2, 0.25) is 0 Å². The van der Waals surface area contributed by atoms with Gasteiger partial charge in [0.05, 0.1) is 5.39 Å². The Hall–Kier alpha value is -1.57. The zero-order chi connectivity index (χ0) is 9.97. The molecular weight excluding hydrogens is 176 g/mol. The Morgan fingerprint density at radius 1 is 1.29 bits per heavy atom. The van der Waals surface area contributed by atoms with Crippen LogP contribution >= 0.6 is 0 Å². The summed E-state index contributed by atoms with van der Waals surface area (Å²) in [6, 6.07) is 9.34. The molecule has 0 aliphatic heterocycles. The van der Waals surface area contributed by atoms with Crippen molar-refractivity contribution >= 4 is 10.8 Å². The molecule has 0 unspecified atom stereocenters. The summed E-state index contributed by atoms with van der Waals surface area (Å²) in [6.45, 7) is 3.73. The second-order valence-electron chi connectivity index (χ2n) is 3.19. The third-order valence-electron chi connectivity index (χ3n) is 2.14. The Balaban J connectivity index is 2.66. The first-order valence-electron chi connectivity index (χ1n) is 4.62. The van der Waals surface area contributed by atoms with Crippen LogP contribution in [-0.4, -0.2) is 0 Å². The molecule has 0 aliphatic rings. The zero-order valence-corrected chi connectivity index (χ0v) is 7.82. The lowest BCUT2D eigenvalue weighted by molar-refractivity contribution is 0.467. The fourth-order valence-corrected chi connectivity index (χ4v) is 1.48. The minimum absolute atomic E-state index is 0.258. The smallest absolute Gasteiger partial charge is 0.343 e. The molecule has 0 N–H and O–H groups in total. The van der Waals surface area contributed by atoms with E-state index in [4.69, 9.17) is 4.42 Å². The molecule has 14 heavy (non-hydrogen) atoms. The monoisotopic (exact) mass is 187 g/mol. The third-order valence-corrected chi connectivity index (χ3v) is 2.14. The molecule has 0 spiro atoms. The molecule has 1 aromatic carbocycles. The average Bonchev–Trinajstić information content (AvgIpc) is 2.18. The van der Waals surface area contributed by atoms with Gasteiger partial charge in [-0.25, -0.2) is 4.79 Å². The summed E-state index contributed by atoms with van der Waals surface area (Å²) in [6.07, 6.45) is 1.45. The minimum Gasteiger partial charge on any atom is -0.427 e. The highest BCUT2D eigenvalue weighted by molar-refractivity contribution is 5.81. The Bertz CT molecular complexity index is 497. The zero-order valence-electron chi connectivity index (χ0n) is 7.82. The molecule has 71 valence electrons. The molecule has 2 nitrogen and oxygen atoms in total. The van der Waals surface area contributed by atoms with Crippen molar-refractivity contribution in [1.82, 2.24) is 0 Å². The summed E-state index contributed by atoms with van der Waals surface area (Å²) in [4.78, 5) is 11.5. The van der Waals surface area contributed by atoms with Crippen molar-refractivity contribution in [1.29, 1.82) is 0 Å². The van der Waals surface area contributed by atoms with E-state index in [1.54, 1.807) is 6.07 Å². The van der Waals surface area contributed by atoms with Gasteiger partial charge < -0.3 is 4.42 Å². The minimum atomic E-state index is -0.258. The quantitative estimate of drug-likeness (QED) is 0.723. The molecule has 1 aromatic heterocycles. The molecule has 2 rings (SSSR count). The van der Waals surface area contributed by atoms with Crippen LogP contribution in [-0.2, 0) is 6.42 Å². The molecule has 0 fully saturated rings. The van der Waals surface area contributed by atoms with Gasteiger partial charge in [-0.1, -0.05) is 25.1 Å². The lowest BCUT2D eigenvalue weighted by Gasteiger charge is -1.99. The second-order valence-corrected chi connectivity index (χ2v) is 3.19. The summed E-state index contributed by atoms with van der Waals surface area (Å²) in [5, 5.41) is 1.58. The normalized spacial score (nSPS) is 10.6.